The van der Waals surface area contributed by atoms with Crippen molar-refractivity contribution in [3.8, 4) is 0 Å². The first-order valence-corrected chi connectivity index (χ1v) is 12.1. The van der Waals surface area contributed by atoms with E-state index in [0.29, 0.717) is 16.2 Å². The molecule has 3 aromatic carbocycles. The van der Waals surface area contributed by atoms with E-state index in [0.717, 1.165) is 41.6 Å². The molecule has 0 bridgehead atoms. The highest BCUT2D eigenvalue weighted by atomic mass is 35.5. The van der Waals surface area contributed by atoms with Gasteiger partial charge < -0.3 is 9.88 Å². The van der Waals surface area contributed by atoms with E-state index in [-0.39, 0.29) is 16.8 Å². The van der Waals surface area contributed by atoms with Crippen LogP contribution in [0.2, 0.25) is 5.02 Å². The molecule has 34 heavy (non-hydrogen) atoms. The van der Waals surface area contributed by atoms with Gasteiger partial charge in [0.2, 0.25) is 21.2 Å². The molecule has 0 spiro atoms. The first kappa shape index (κ1) is 23.7. The number of hydrogen-bond donors (Lipinski definition) is 1. The van der Waals surface area contributed by atoms with Crippen molar-refractivity contribution in [2.75, 3.05) is 5.32 Å². The molecule has 0 aliphatic carbocycles. The second-order valence-electron chi connectivity index (χ2n) is 7.94. The molecule has 0 saturated carbocycles. The molecule has 1 amide bonds. The fourth-order valence-electron chi connectivity index (χ4n) is 3.57. The summed E-state index contributed by atoms with van der Waals surface area (Å²) >= 11 is 6.13. The van der Waals surface area contributed by atoms with E-state index in [1.807, 2.05) is 6.92 Å². The number of nitrogens with zero attached hydrogens (tertiary/aromatic N) is 1. The van der Waals surface area contributed by atoms with E-state index in [1.54, 1.807) is 43.3 Å². The van der Waals surface area contributed by atoms with Crippen LogP contribution in [0.25, 0.3) is 10.9 Å². The lowest BCUT2D eigenvalue weighted by Gasteiger charge is -2.15. The molecule has 174 valence electrons. The summed E-state index contributed by atoms with van der Waals surface area (Å²) in [5, 5.41) is 3.39. The predicted molar refractivity (Wildman–Crippen MR) is 130 cm³/mol. The Hall–Kier alpha value is -3.49. The maximum Gasteiger partial charge on any atom is 0.244 e. The molecule has 1 N–H and O–H groups in total. The quantitative estimate of drug-likeness (QED) is 0.397. The zero-order valence-corrected chi connectivity index (χ0v) is 19.9. The first-order valence-electron chi connectivity index (χ1n) is 10.3. The van der Waals surface area contributed by atoms with Gasteiger partial charge in [-0.05, 0) is 67.9 Å². The van der Waals surface area contributed by atoms with Gasteiger partial charge in [0.15, 0.2) is 0 Å². The zero-order valence-electron chi connectivity index (χ0n) is 18.3. The van der Waals surface area contributed by atoms with Crippen LogP contribution in [0.5, 0.6) is 0 Å². The molecule has 1 heterocycles. The van der Waals surface area contributed by atoms with E-state index in [2.05, 4.69) is 5.32 Å². The molecular weight excluding hydrogens is 479 g/mol. The Morgan fingerprint density at radius 1 is 1.03 bits per heavy atom. The summed E-state index contributed by atoms with van der Waals surface area (Å²) in [6.45, 7) is 3.36. The SMILES string of the molecule is Cc1ccc2c(c1)c(=O)c(S(=O)(=O)c1ccc(F)cc1)cn2CC(=O)Nc1ccc(C)c(Cl)c1. The minimum Gasteiger partial charge on any atom is -0.336 e. The van der Waals surface area contributed by atoms with Gasteiger partial charge in [-0.1, -0.05) is 29.3 Å². The van der Waals surface area contributed by atoms with Crippen molar-refractivity contribution >= 4 is 43.9 Å². The van der Waals surface area contributed by atoms with Gasteiger partial charge in [-0.25, -0.2) is 12.8 Å². The second kappa shape index (κ2) is 9.04. The third kappa shape index (κ3) is 4.60. The molecule has 6 nitrogen and oxygen atoms in total. The lowest BCUT2D eigenvalue weighted by atomic mass is 10.1. The van der Waals surface area contributed by atoms with E-state index in [4.69, 9.17) is 11.6 Å². The Morgan fingerprint density at radius 3 is 2.41 bits per heavy atom. The third-order valence-electron chi connectivity index (χ3n) is 5.39. The number of amides is 1. The van der Waals surface area contributed by atoms with Crippen molar-refractivity contribution in [3.63, 3.8) is 0 Å². The van der Waals surface area contributed by atoms with Gasteiger partial charge in [0, 0.05) is 22.3 Å². The summed E-state index contributed by atoms with van der Waals surface area (Å²) in [5.41, 5.74) is 1.82. The smallest absolute Gasteiger partial charge is 0.244 e. The number of hydrogen-bond acceptors (Lipinski definition) is 4. The lowest BCUT2D eigenvalue weighted by Crippen LogP contribution is -2.24. The highest BCUT2D eigenvalue weighted by Gasteiger charge is 2.24. The molecule has 0 radical (unpaired) electrons. The number of anilines is 1. The summed E-state index contributed by atoms with van der Waals surface area (Å²) in [6, 6.07) is 14.3. The maximum atomic E-state index is 13.3. The van der Waals surface area contributed by atoms with Gasteiger partial charge in [0.05, 0.1) is 10.4 Å². The average molecular weight is 499 g/mol. The lowest BCUT2D eigenvalue weighted by molar-refractivity contribution is -0.116. The molecule has 0 aliphatic rings. The van der Waals surface area contributed by atoms with Crippen LogP contribution in [0.1, 0.15) is 11.1 Å². The molecule has 1 aromatic heterocycles. The number of nitrogens with one attached hydrogen (secondary N) is 1. The van der Waals surface area contributed by atoms with E-state index >= 15 is 0 Å². The first-order chi connectivity index (χ1) is 16.1. The number of carbonyl (C=O) groups is 1. The van der Waals surface area contributed by atoms with Crippen molar-refractivity contribution < 1.29 is 17.6 Å². The number of carbonyl (C=O) groups excluding carboxylic acids is 1. The van der Waals surface area contributed by atoms with Gasteiger partial charge in [-0.15, -0.1) is 0 Å². The molecule has 0 fully saturated rings. The fraction of sp³-hybridized carbons (Fsp3) is 0.120. The normalized spacial score (nSPS) is 11.5. The largest absolute Gasteiger partial charge is 0.336 e. The monoisotopic (exact) mass is 498 g/mol. The summed E-state index contributed by atoms with van der Waals surface area (Å²) in [6.07, 6.45) is 1.15. The van der Waals surface area contributed by atoms with Crippen LogP contribution in [0.4, 0.5) is 10.1 Å². The van der Waals surface area contributed by atoms with Gasteiger partial charge in [-0.2, -0.15) is 0 Å². The molecule has 9 heteroatoms. The number of aromatic nitrogens is 1. The van der Waals surface area contributed by atoms with Crippen LogP contribution in [0.15, 0.2) is 81.4 Å². The van der Waals surface area contributed by atoms with Gasteiger partial charge >= 0.3 is 0 Å². The van der Waals surface area contributed by atoms with Gasteiger partial charge in [-0.3, -0.25) is 9.59 Å². The van der Waals surface area contributed by atoms with E-state index in [9.17, 15) is 22.4 Å². The molecule has 4 aromatic rings. The molecular formula is C25H20ClFN2O4S. The maximum absolute atomic E-state index is 13.3. The third-order valence-corrected chi connectivity index (χ3v) is 7.56. The van der Waals surface area contributed by atoms with Crippen molar-refractivity contribution in [2.45, 2.75) is 30.2 Å². The number of rotatable bonds is 5. The Kier molecular flexibility index (Phi) is 6.29. The summed E-state index contributed by atoms with van der Waals surface area (Å²) in [5.74, 6) is -1.03. The van der Waals surface area contributed by atoms with Crippen LogP contribution in [-0.2, 0) is 21.2 Å². The molecule has 0 aliphatic heterocycles. The number of benzene rings is 3. The highest BCUT2D eigenvalue weighted by molar-refractivity contribution is 7.91. The summed E-state index contributed by atoms with van der Waals surface area (Å²) < 4.78 is 41.2. The Balaban J connectivity index is 1.81. The predicted octanol–water partition coefficient (Wildman–Crippen LogP) is 4.88. The fourth-order valence-corrected chi connectivity index (χ4v) is 5.12. The van der Waals surface area contributed by atoms with Crippen molar-refractivity contribution in [1.29, 1.82) is 0 Å². The van der Waals surface area contributed by atoms with Crippen molar-refractivity contribution in [2.24, 2.45) is 0 Å². The Morgan fingerprint density at radius 2 is 1.74 bits per heavy atom. The molecule has 0 atom stereocenters. The van der Waals surface area contributed by atoms with Crippen LogP contribution >= 0.6 is 11.6 Å². The van der Waals surface area contributed by atoms with Crippen LogP contribution < -0.4 is 10.7 Å². The number of halogens is 2. The number of aryl methyl sites for hydroxylation is 2. The highest BCUT2D eigenvalue weighted by Crippen LogP contribution is 2.23. The summed E-state index contributed by atoms with van der Waals surface area (Å²) in [7, 11) is -4.27. The average Bonchev–Trinajstić information content (AvgIpc) is 2.78. The zero-order chi connectivity index (χ0) is 24.6. The molecule has 0 unspecified atom stereocenters. The second-order valence-corrected chi connectivity index (χ2v) is 10.3. The van der Waals surface area contributed by atoms with Gasteiger partial charge in [0.25, 0.3) is 0 Å². The van der Waals surface area contributed by atoms with Crippen LogP contribution in [0.3, 0.4) is 0 Å². The Bertz CT molecular complexity index is 1600. The number of fused-ring (bicyclic) bond motifs is 1. The minimum absolute atomic E-state index is 0.161. The van der Waals surface area contributed by atoms with E-state index < -0.39 is 31.9 Å². The summed E-state index contributed by atoms with van der Waals surface area (Å²) in [4.78, 5) is 25.3. The van der Waals surface area contributed by atoms with Crippen LogP contribution in [-0.4, -0.2) is 18.9 Å². The minimum atomic E-state index is -4.27. The van der Waals surface area contributed by atoms with Crippen molar-refractivity contribution in [1.82, 2.24) is 4.57 Å². The number of sulfone groups is 1. The topological polar surface area (TPSA) is 85.2 Å². The Labute approximate surface area is 200 Å². The van der Waals surface area contributed by atoms with Gasteiger partial charge in [0.1, 0.15) is 17.3 Å². The van der Waals surface area contributed by atoms with Crippen molar-refractivity contribution in [3.05, 3.63) is 99.1 Å². The van der Waals surface area contributed by atoms with Crippen LogP contribution in [0, 0.1) is 19.7 Å². The van der Waals surface area contributed by atoms with E-state index in [1.165, 1.54) is 4.57 Å². The molecule has 0 saturated heterocycles. The number of pyridine rings is 1. The molecule has 4 rings (SSSR count). The standard InChI is InChI=1S/C25H20ClFN2O4S/c1-15-3-10-22-20(11-15)25(31)23(34(32,33)19-8-5-17(27)6-9-19)13-29(22)14-24(30)28-18-7-4-16(2)21(26)12-18/h3-13H,14H2,1-2H3,(H,28,30).